The second kappa shape index (κ2) is 14.2. The fraction of sp³-hybridized carbons (Fsp3) is 0.361. The molecule has 0 bridgehead atoms. The Morgan fingerprint density at radius 1 is 0.829 bits per heavy atom. The van der Waals surface area contributed by atoms with E-state index in [0.717, 1.165) is 22.9 Å². The maximum Gasteiger partial charge on any atom is 0.343 e. The van der Waals surface area contributed by atoms with Gasteiger partial charge in [-0.2, -0.15) is 0 Å². The van der Waals surface area contributed by atoms with Gasteiger partial charge in [0.05, 0.1) is 5.56 Å². The Hall–Kier alpha value is -3.01. The van der Waals surface area contributed by atoms with Crippen molar-refractivity contribution in [3.8, 4) is 5.75 Å². The molecule has 0 aromatic heterocycles. The predicted octanol–water partition coefficient (Wildman–Crippen LogP) is 10.2. The van der Waals surface area contributed by atoms with Crippen LogP contribution in [0.25, 0.3) is 27.1 Å². The number of allylic oxidation sites excluding steroid dienone is 2. The minimum absolute atomic E-state index is 0.372. The van der Waals surface area contributed by atoms with Crippen LogP contribution in [0.2, 0.25) is 0 Å². The number of anilines is 1. The number of unbranched alkanes of at least 4 members (excludes halogenated alkanes) is 5. The molecule has 0 unspecified atom stereocenters. The van der Waals surface area contributed by atoms with Gasteiger partial charge in [-0.1, -0.05) is 81.5 Å². The van der Waals surface area contributed by atoms with E-state index in [4.69, 9.17) is 27.9 Å². The molecular formula is C36H39Cl2NO2. The molecule has 4 aromatic rings. The normalized spacial score (nSPS) is 12.5. The summed E-state index contributed by atoms with van der Waals surface area (Å²) >= 11 is 11.9. The number of halogens is 2. The second-order valence-electron chi connectivity index (χ2n) is 10.9. The van der Waals surface area contributed by atoms with E-state index in [1.165, 1.54) is 72.4 Å². The van der Waals surface area contributed by atoms with E-state index in [2.05, 4.69) is 48.2 Å². The van der Waals surface area contributed by atoms with Crippen LogP contribution in [0.5, 0.6) is 5.75 Å². The van der Waals surface area contributed by atoms with Gasteiger partial charge in [-0.05, 0) is 81.8 Å². The van der Waals surface area contributed by atoms with Gasteiger partial charge >= 0.3 is 5.97 Å². The lowest BCUT2D eigenvalue weighted by Crippen LogP contribution is -2.27. The molecule has 3 nitrogen and oxygen atoms in total. The van der Waals surface area contributed by atoms with Crippen LogP contribution in [0.4, 0.5) is 5.69 Å². The van der Waals surface area contributed by atoms with Crippen molar-refractivity contribution in [3.05, 3.63) is 89.5 Å². The Morgan fingerprint density at radius 3 is 2.39 bits per heavy atom. The third-order valence-corrected chi connectivity index (χ3v) is 8.50. The summed E-state index contributed by atoms with van der Waals surface area (Å²) in [5.41, 5.74) is 5.83. The molecule has 0 saturated heterocycles. The molecule has 5 rings (SSSR count). The van der Waals surface area contributed by atoms with Crippen LogP contribution in [0.3, 0.4) is 0 Å². The Balaban J connectivity index is 1.31. The van der Waals surface area contributed by atoms with E-state index in [1.807, 2.05) is 30.3 Å². The van der Waals surface area contributed by atoms with Crippen LogP contribution in [-0.2, 0) is 6.42 Å². The van der Waals surface area contributed by atoms with Crippen molar-refractivity contribution in [1.29, 1.82) is 0 Å². The third kappa shape index (κ3) is 6.90. The van der Waals surface area contributed by atoms with E-state index in [0.29, 0.717) is 36.2 Å². The standard InChI is InChI=1S/C36H39Cl2NO2/c1-2-3-4-5-6-7-9-26-12-16-33-31(26)18-19-34-32-15-14-28(24-27(32)13-17-35(33)34)36(40)41-30-11-8-10-29(25-30)39(22-20-37)23-21-38/h8,10-15,17-19,24-25H,2-7,9,16,20-23H2,1H3. The molecule has 0 radical (unpaired) electrons. The minimum Gasteiger partial charge on any atom is -0.423 e. The zero-order valence-corrected chi connectivity index (χ0v) is 25.4. The summed E-state index contributed by atoms with van der Waals surface area (Å²) in [7, 11) is 0. The first kappa shape index (κ1) is 29.5. The first-order chi connectivity index (χ1) is 20.1. The highest BCUT2D eigenvalue weighted by Crippen LogP contribution is 2.38. The van der Waals surface area contributed by atoms with Gasteiger partial charge in [0.25, 0.3) is 0 Å². The SMILES string of the molecule is CCCCCCCCC1=CCc2c1ccc1c2ccc2cc(C(=O)Oc3cccc(N(CCCl)CCCl)c3)ccc21. The number of esters is 1. The van der Waals surface area contributed by atoms with Crippen molar-refractivity contribution in [3.63, 3.8) is 0 Å². The summed E-state index contributed by atoms with van der Waals surface area (Å²) in [5.74, 6) is 1.11. The highest BCUT2D eigenvalue weighted by Gasteiger charge is 2.18. The van der Waals surface area contributed by atoms with Crippen molar-refractivity contribution in [2.75, 3.05) is 29.7 Å². The summed E-state index contributed by atoms with van der Waals surface area (Å²) in [6, 6.07) is 22.3. The molecule has 41 heavy (non-hydrogen) atoms. The molecule has 214 valence electrons. The fourth-order valence-corrected chi connectivity index (χ4v) is 6.42. The minimum atomic E-state index is -0.372. The van der Waals surface area contributed by atoms with Crippen LogP contribution in [0.1, 0.15) is 73.4 Å². The predicted molar refractivity (Wildman–Crippen MR) is 176 cm³/mol. The number of fused-ring (bicyclic) bond motifs is 5. The molecule has 0 fully saturated rings. The van der Waals surface area contributed by atoms with E-state index in [1.54, 1.807) is 6.07 Å². The quantitative estimate of drug-likeness (QED) is 0.0483. The van der Waals surface area contributed by atoms with E-state index >= 15 is 0 Å². The van der Waals surface area contributed by atoms with E-state index < -0.39 is 0 Å². The fourth-order valence-electron chi connectivity index (χ4n) is 6.01. The lowest BCUT2D eigenvalue weighted by atomic mass is 9.93. The van der Waals surface area contributed by atoms with Crippen molar-refractivity contribution in [1.82, 2.24) is 0 Å². The van der Waals surface area contributed by atoms with Crippen LogP contribution in [0, 0.1) is 0 Å². The van der Waals surface area contributed by atoms with E-state index in [-0.39, 0.29) is 5.97 Å². The van der Waals surface area contributed by atoms with Gasteiger partial charge in [0.15, 0.2) is 0 Å². The summed E-state index contributed by atoms with van der Waals surface area (Å²) in [5, 5.41) is 4.75. The molecule has 0 amide bonds. The number of rotatable bonds is 14. The second-order valence-corrected chi connectivity index (χ2v) is 11.6. The van der Waals surface area contributed by atoms with Crippen LogP contribution in [0.15, 0.2) is 72.8 Å². The summed E-state index contributed by atoms with van der Waals surface area (Å²) < 4.78 is 5.78. The van der Waals surface area contributed by atoms with Crippen LogP contribution >= 0.6 is 23.2 Å². The first-order valence-electron chi connectivity index (χ1n) is 15.0. The monoisotopic (exact) mass is 587 g/mol. The Morgan fingerprint density at radius 2 is 1.59 bits per heavy atom. The van der Waals surface area contributed by atoms with Gasteiger partial charge in [0.2, 0.25) is 0 Å². The molecule has 0 atom stereocenters. The number of carbonyl (C=O) groups is 1. The molecular weight excluding hydrogens is 549 g/mol. The van der Waals surface area contributed by atoms with Gasteiger partial charge in [0.1, 0.15) is 5.75 Å². The van der Waals surface area contributed by atoms with Crippen molar-refractivity contribution in [2.24, 2.45) is 0 Å². The number of benzene rings is 4. The lowest BCUT2D eigenvalue weighted by molar-refractivity contribution is 0.0735. The molecule has 0 aliphatic heterocycles. The number of nitrogens with zero attached hydrogens (tertiary/aromatic N) is 1. The van der Waals surface area contributed by atoms with E-state index in [9.17, 15) is 4.79 Å². The maximum absolute atomic E-state index is 13.1. The van der Waals surface area contributed by atoms with Crippen LogP contribution < -0.4 is 9.64 Å². The molecule has 0 heterocycles. The molecule has 5 heteroatoms. The lowest BCUT2D eigenvalue weighted by Gasteiger charge is -2.23. The topological polar surface area (TPSA) is 29.5 Å². The van der Waals surface area contributed by atoms with Crippen molar-refractivity contribution >= 4 is 62.0 Å². The number of ether oxygens (including phenoxy) is 1. The largest absolute Gasteiger partial charge is 0.423 e. The Bertz CT molecular complexity index is 1540. The smallest absolute Gasteiger partial charge is 0.343 e. The van der Waals surface area contributed by atoms with Crippen molar-refractivity contribution in [2.45, 2.75) is 58.3 Å². The zero-order chi connectivity index (χ0) is 28.6. The Labute approximate surface area is 254 Å². The number of carbonyl (C=O) groups excluding carboxylic acids is 1. The molecule has 4 aromatic carbocycles. The Kier molecular flexibility index (Phi) is 10.2. The summed E-state index contributed by atoms with van der Waals surface area (Å²) in [4.78, 5) is 15.2. The van der Waals surface area contributed by atoms with Crippen LogP contribution in [-0.4, -0.2) is 30.8 Å². The average Bonchev–Trinajstić information content (AvgIpc) is 3.41. The van der Waals surface area contributed by atoms with Gasteiger partial charge in [-0.25, -0.2) is 4.79 Å². The molecule has 0 N–H and O–H groups in total. The van der Waals surface area contributed by atoms with Gasteiger partial charge in [0, 0.05) is 36.6 Å². The molecule has 1 aliphatic carbocycles. The number of hydrogen-bond acceptors (Lipinski definition) is 3. The maximum atomic E-state index is 13.1. The van der Waals surface area contributed by atoms with Gasteiger partial charge in [-0.15, -0.1) is 23.2 Å². The van der Waals surface area contributed by atoms with Gasteiger partial charge < -0.3 is 9.64 Å². The third-order valence-electron chi connectivity index (χ3n) is 8.16. The number of alkyl halides is 2. The van der Waals surface area contributed by atoms with Gasteiger partial charge in [-0.3, -0.25) is 0 Å². The average molecular weight is 589 g/mol. The zero-order valence-electron chi connectivity index (χ0n) is 23.9. The number of hydrogen-bond donors (Lipinski definition) is 0. The molecule has 0 spiro atoms. The highest BCUT2D eigenvalue weighted by molar-refractivity contribution is 6.18. The van der Waals surface area contributed by atoms with Crippen molar-refractivity contribution < 1.29 is 9.53 Å². The summed E-state index contributed by atoms with van der Waals surface area (Å²) in [6.07, 6.45) is 12.6. The summed E-state index contributed by atoms with van der Waals surface area (Å²) in [6.45, 7) is 3.61. The first-order valence-corrected chi connectivity index (χ1v) is 16.1. The molecule has 1 aliphatic rings. The molecule has 0 saturated carbocycles. The highest BCUT2D eigenvalue weighted by atomic mass is 35.5.